The Labute approximate surface area is 122 Å². The third kappa shape index (κ3) is 2.64. The van der Waals surface area contributed by atoms with Gasteiger partial charge in [-0.2, -0.15) is 0 Å². The molecule has 5 heteroatoms. The van der Waals surface area contributed by atoms with E-state index in [1.54, 1.807) is 25.3 Å². The van der Waals surface area contributed by atoms with Crippen molar-refractivity contribution in [1.29, 1.82) is 0 Å². The van der Waals surface area contributed by atoms with E-state index in [0.29, 0.717) is 21.2 Å². The number of carbonyl (C=O) groups excluding carboxylic acids is 1. The molecule has 0 atom stereocenters. The van der Waals surface area contributed by atoms with Gasteiger partial charge in [-0.05, 0) is 52.2 Å². The predicted octanol–water partition coefficient (Wildman–Crippen LogP) is 4.25. The van der Waals surface area contributed by atoms with Crippen molar-refractivity contribution in [2.75, 3.05) is 7.11 Å². The molecule has 2 nitrogen and oxygen atoms in total. The van der Waals surface area contributed by atoms with Gasteiger partial charge in [-0.25, -0.2) is 0 Å². The first-order valence-electron chi connectivity index (χ1n) is 4.74. The van der Waals surface area contributed by atoms with Crippen LogP contribution in [-0.4, -0.2) is 12.9 Å². The molecule has 88 valence electrons. The molecule has 0 saturated heterocycles. The number of hydrogen-bond acceptors (Lipinski definition) is 3. The molecule has 1 heterocycles. The molecule has 0 fully saturated rings. The summed E-state index contributed by atoms with van der Waals surface area (Å²) >= 11 is 9.41. The van der Waals surface area contributed by atoms with Crippen molar-refractivity contribution < 1.29 is 9.53 Å². The van der Waals surface area contributed by atoms with Gasteiger partial charge in [0, 0.05) is 14.2 Å². The smallest absolute Gasteiger partial charge is 0.207 e. The zero-order valence-corrected chi connectivity index (χ0v) is 12.6. The molecule has 0 aliphatic carbocycles. The van der Waals surface area contributed by atoms with Crippen LogP contribution in [0.4, 0.5) is 0 Å². The number of hydrogen-bond donors (Lipinski definition) is 0. The Hall–Kier alpha value is -0.590. The minimum Gasteiger partial charge on any atom is -0.495 e. The molecule has 0 amide bonds. The Morgan fingerprint density at radius 3 is 2.88 bits per heavy atom. The molecule has 17 heavy (non-hydrogen) atoms. The standard InChI is InChI=1S/C12H8ClIO2S/c1-16-10-4-5-17-12(10)11(15)8-6-7(13)2-3-9(8)14/h2-6H,1H3. The van der Waals surface area contributed by atoms with Crippen molar-refractivity contribution in [2.24, 2.45) is 0 Å². The molecule has 1 aromatic heterocycles. The fourth-order valence-corrected chi connectivity index (χ4v) is 2.98. The van der Waals surface area contributed by atoms with Crippen molar-refractivity contribution in [3.63, 3.8) is 0 Å². The number of ether oxygens (including phenoxy) is 1. The van der Waals surface area contributed by atoms with Crippen LogP contribution in [0.1, 0.15) is 15.2 Å². The van der Waals surface area contributed by atoms with Crippen LogP contribution in [0.3, 0.4) is 0 Å². The molecule has 2 aromatic rings. The van der Waals surface area contributed by atoms with Crippen LogP contribution < -0.4 is 4.74 Å². The van der Waals surface area contributed by atoms with E-state index in [1.807, 2.05) is 11.4 Å². The lowest BCUT2D eigenvalue weighted by Gasteiger charge is -2.04. The van der Waals surface area contributed by atoms with Crippen molar-refractivity contribution in [3.8, 4) is 5.75 Å². The Bertz CT molecular complexity index is 565. The number of benzene rings is 1. The predicted molar refractivity (Wildman–Crippen MR) is 78.5 cm³/mol. The monoisotopic (exact) mass is 378 g/mol. The molecular weight excluding hydrogens is 371 g/mol. The maximum atomic E-state index is 12.3. The van der Waals surface area contributed by atoms with Gasteiger partial charge in [0.25, 0.3) is 0 Å². The lowest BCUT2D eigenvalue weighted by molar-refractivity contribution is 0.103. The lowest BCUT2D eigenvalue weighted by atomic mass is 10.1. The second-order valence-electron chi connectivity index (χ2n) is 3.27. The fourth-order valence-electron chi connectivity index (χ4n) is 1.42. The summed E-state index contributed by atoms with van der Waals surface area (Å²) in [5.74, 6) is 0.555. The Kier molecular flexibility index (Phi) is 4.06. The van der Waals surface area contributed by atoms with Crippen molar-refractivity contribution in [2.45, 2.75) is 0 Å². The third-order valence-corrected chi connectivity index (χ3v) is 4.30. The molecule has 0 spiro atoms. The van der Waals surface area contributed by atoms with E-state index in [1.165, 1.54) is 11.3 Å². The number of rotatable bonds is 3. The van der Waals surface area contributed by atoms with Gasteiger partial charge >= 0.3 is 0 Å². The molecule has 1 aromatic carbocycles. The summed E-state index contributed by atoms with van der Waals surface area (Å²) in [5, 5.41) is 2.40. The summed E-state index contributed by atoms with van der Waals surface area (Å²) in [6.45, 7) is 0. The van der Waals surface area contributed by atoms with Crippen LogP contribution in [0.25, 0.3) is 0 Å². The molecule has 0 saturated carbocycles. The van der Waals surface area contributed by atoms with Crippen LogP contribution in [-0.2, 0) is 0 Å². The maximum Gasteiger partial charge on any atom is 0.207 e. The molecule has 2 rings (SSSR count). The van der Waals surface area contributed by atoms with Crippen LogP contribution >= 0.6 is 45.5 Å². The number of ketones is 1. The van der Waals surface area contributed by atoms with Gasteiger partial charge in [0.15, 0.2) is 0 Å². The first-order chi connectivity index (χ1) is 8.13. The highest BCUT2D eigenvalue weighted by atomic mass is 127. The molecule has 0 unspecified atom stereocenters. The van der Waals surface area contributed by atoms with Gasteiger partial charge in [-0.3, -0.25) is 4.79 Å². The molecular formula is C12H8ClIO2S. The Balaban J connectivity index is 2.47. The lowest BCUT2D eigenvalue weighted by Crippen LogP contribution is -2.03. The number of methoxy groups -OCH3 is 1. The Morgan fingerprint density at radius 1 is 1.41 bits per heavy atom. The average Bonchev–Trinajstić information content (AvgIpc) is 2.79. The number of thiophene rings is 1. The highest BCUT2D eigenvalue weighted by Crippen LogP contribution is 2.29. The highest BCUT2D eigenvalue weighted by Gasteiger charge is 2.18. The van der Waals surface area contributed by atoms with E-state index in [4.69, 9.17) is 16.3 Å². The summed E-state index contributed by atoms with van der Waals surface area (Å²) in [6, 6.07) is 7.07. The summed E-state index contributed by atoms with van der Waals surface area (Å²) in [7, 11) is 1.56. The third-order valence-electron chi connectivity index (χ3n) is 2.23. The van der Waals surface area contributed by atoms with Gasteiger partial charge in [-0.1, -0.05) is 11.6 Å². The maximum absolute atomic E-state index is 12.3. The van der Waals surface area contributed by atoms with Crippen LogP contribution in [0, 0.1) is 3.57 Å². The first kappa shape index (κ1) is 12.9. The fraction of sp³-hybridized carbons (Fsp3) is 0.0833. The minimum atomic E-state index is -0.0521. The van der Waals surface area contributed by atoms with E-state index in [0.717, 1.165) is 3.57 Å². The quantitative estimate of drug-likeness (QED) is 0.590. The van der Waals surface area contributed by atoms with E-state index in [-0.39, 0.29) is 5.78 Å². The summed E-state index contributed by atoms with van der Waals surface area (Å²) < 4.78 is 6.03. The van der Waals surface area contributed by atoms with Gasteiger partial charge in [0.1, 0.15) is 10.6 Å². The van der Waals surface area contributed by atoms with E-state index < -0.39 is 0 Å². The van der Waals surface area contributed by atoms with Gasteiger partial charge in [0.2, 0.25) is 5.78 Å². The summed E-state index contributed by atoms with van der Waals surface area (Å²) in [6.07, 6.45) is 0. The largest absolute Gasteiger partial charge is 0.495 e. The second-order valence-corrected chi connectivity index (χ2v) is 5.79. The van der Waals surface area contributed by atoms with Crippen molar-refractivity contribution in [3.05, 3.63) is 48.7 Å². The molecule has 0 bridgehead atoms. The summed E-state index contributed by atoms with van der Waals surface area (Å²) in [4.78, 5) is 12.9. The van der Waals surface area contributed by atoms with Crippen LogP contribution in [0.15, 0.2) is 29.6 Å². The number of carbonyl (C=O) groups is 1. The van der Waals surface area contributed by atoms with E-state index >= 15 is 0 Å². The average molecular weight is 379 g/mol. The van der Waals surface area contributed by atoms with Crippen molar-refractivity contribution >= 4 is 51.3 Å². The zero-order valence-electron chi connectivity index (χ0n) is 8.87. The van der Waals surface area contributed by atoms with E-state index in [2.05, 4.69) is 22.6 Å². The molecule has 0 radical (unpaired) electrons. The Morgan fingerprint density at radius 2 is 2.18 bits per heavy atom. The van der Waals surface area contributed by atoms with Crippen LogP contribution in [0.5, 0.6) is 5.75 Å². The SMILES string of the molecule is COc1ccsc1C(=O)c1cc(Cl)ccc1I. The second kappa shape index (κ2) is 5.37. The normalized spacial score (nSPS) is 10.3. The minimum absolute atomic E-state index is 0.0521. The summed E-state index contributed by atoms with van der Waals surface area (Å²) in [5.41, 5.74) is 0.610. The highest BCUT2D eigenvalue weighted by molar-refractivity contribution is 14.1. The van der Waals surface area contributed by atoms with Gasteiger partial charge in [0.05, 0.1) is 7.11 Å². The van der Waals surface area contributed by atoms with E-state index in [9.17, 15) is 4.79 Å². The topological polar surface area (TPSA) is 26.3 Å². The zero-order chi connectivity index (χ0) is 12.4. The van der Waals surface area contributed by atoms with Crippen LogP contribution in [0.2, 0.25) is 5.02 Å². The first-order valence-corrected chi connectivity index (χ1v) is 7.08. The van der Waals surface area contributed by atoms with Crippen molar-refractivity contribution in [1.82, 2.24) is 0 Å². The van der Waals surface area contributed by atoms with Gasteiger partial charge < -0.3 is 4.74 Å². The van der Waals surface area contributed by atoms with Gasteiger partial charge in [-0.15, -0.1) is 11.3 Å². The molecule has 0 N–H and O–H groups in total. The molecule has 0 aliphatic heterocycles. The molecule has 0 aliphatic rings. The number of halogens is 2.